The number of halogens is 3. The highest BCUT2D eigenvalue weighted by Gasteiger charge is 2.30. The van der Waals surface area contributed by atoms with Gasteiger partial charge in [0.2, 0.25) is 11.9 Å². The van der Waals surface area contributed by atoms with Crippen molar-refractivity contribution in [3.8, 4) is 0 Å². The van der Waals surface area contributed by atoms with Gasteiger partial charge in [-0.2, -0.15) is 33.3 Å². The molecule has 0 radical (unpaired) electrons. The van der Waals surface area contributed by atoms with Gasteiger partial charge in [0.1, 0.15) is 17.4 Å². The SMILES string of the molecule is Cc1cccc(NC(=O)Nc2cccc(Nc3nccc(Nc4cc(C5CC5)[nH]n4)n3)c2)c1.O=C(Cc1ccc(Nc2nccc(Nc3cc(C4CC4)[nH]n3)n2)cc1)Cc1cccc(C(F)(F)F)c1. The smallest absolute Gasteiger partial charge is 0.324 e. The molecule has 0 unspecified atom stereocenters. The summed E-state index contributed by atoms with van der Waals surface area (Å²) < 4.78 is 38.7. The van der Waals surface area contributed by atoms with Crippen molar-refractivity contribution >= 4 is 69.7 Å². The Kier molecular flexibility index (Phi) is 13.5. The molecule has 16 nitrogen and oxygen atoms in total. The molecule has 2 amide bonds. The number of aromatic nitrogens is 8. The van der Waals surface area contributed by atoms with E-state index in [1.54, 1.807) is 48.8 Å². The normalized spacial score (nSPS) is 13.1. The number of rotatable bonds is 16. The molecule has 4 aromatic heterocycles. The fourth-order valence-corrected chi connectivity index (χ4v) is 7.28. The average molecular weight is 933 g/mol. The zero-order chi connectivity index (χ0) is 47.7. The summed E-state index contributed by atoms with van der Waals surface area (Å²) in [5.74, 6) is 4.50. The Balaban J connectivity index is 0.000000172. The lowest BCUT2D eigenvalue weighted by Gasteiger charge is -2.11. The molecule has 4 aromatic carbocycles. The predicted octanol–water partition coefficient (Wildman–Crippen LogP) is 11.5. The number of anilines is 10. The third-order valence-corrected chi connectivity index (χ3v) is 11.0. The number of hydrogen-bond acceptors (Lipinski definition) is 12. The molecule has 0 aliphatic heterocycles. The zero-order valence-electron chi connectivity index (χ0n) is 37.2. The van der Waals surface area contributed by atoms with Crippen LogP contribution in [0.3, 0.4) is 0 Å². The monoisotopic (exact) mass is 932 g/mol. The molecule has 350 valence electrons. The van der Waals surface area contributed by atoms with E-state index in [4.69, 9.17) is 0 Å². The molecule has 0 bridgehead atoms. The molecule has 0 saturated heterocycles. The van der Waals surface area contributed by atoms with Crippen molar-refractivity contribution in [3.63, 3.8) is 0 Å². The summed E-state index contributed by atoms with van der Waals surface area (Å²) in [6.07, 6.45) is 3.73. The molecule has 8 aromatic rings. The second kappa shape index (κ2) is 20.5. The number of nitrogens with one attached hydrogen (secondary N) is 8. The number of hydrogen-bond donors (Lipinski definition) is 8. The van der Waals surface area contributed by atoms with Crippen LogP contribution in [0.2, 0.25) is 0 Å². The van der Waals surface area contributed by atoms with Crippen molar-refractivity contribution in [1.82, 2.24) is 40.3 Å². The third-order valence-electron chi connectivity index (χ3n) is 11.0. The fraction of sp³-hybridized carbons (Fsp3) is 0.200. The summed E-state index contributed by atoms with van der Waals surface area (Å²) in [5, 5.41) is 33.0. The van der Waals surface area contributed by atoms with Gasteiger partial charge < -0.3 is 31.9 Å². The van der Waals surface area contributed by atoms with Gasteiger partial charge >= 0.3 is 12.2 Å². The largest absolute Gasteiger partial charge is 0.416 e. The van der Waals surface area contributed by atoms with Crippen molar-refractivity contribution in [2.75, 3.05) is 31.9 Å². The van der Waals surface area contributed by atoms with Gasteiger partial charge in [-0.05, 0) is 110 Å². The van der Waals surface area contributed by atoms with Crippen molar-refractivity contribution in [3.05, 3.63) is 167 Å². The Morgan fingerprint density at radius 2 is 1.10 bits per heavy atom. The fourth-order valence-electron chi connectivity index (χ4n) is 7.28. The maximum atomic E-state index is 12.9. The molecule has 69 heavy (non-hydrogen) atoms. The van der Waals surface area contributed by atoms with E-state index in [0.717, 1.165) is 57.5 Å². The zero-order valence-corrected chi connectivity index (χ0v) is 37.2. The lowest BCUT2D eigenvalue weighted by molar-refractivity contribution is -0.137. The summed E-state index contributed by atoms with van der Waals surface area (Å²) >= 11 is 0. The van der Waals surface area contributed by atoms with Gasteiger partial charge in [0.25, 0.3) is 0 Å². The number of aromatic amines is 2. The van der Waals surface area contributed by atoms with Crippen molar-refractivity contribution in [1.29, 1.82) is 0 Å². The quantitative estimate of drug-likeness (QED) is 0.0454. The molecular weight excluding hydrogens is 886 g/mol. The Bertz CT molecular complexity index is 3060. The van der Waals surface area contributed by atoms with E-state index >= 15 is 0 Å². The Morgan fingerprint density at radius 3 is 1.68 bits per heavy atom. The maximum absolute atomic E-state index is 12.9. The van der Waals surface area contributed by atoms with Crippen LogP contribution in [0.5, 0.6) is 0 Å². The molecule has 2 saturated carbocycles. The number of Topliss-reactive ketones (excluding diaryl/α,β-unsaturated/α-hetero) is 1. The standard InChI is InChI=1S/C26H23F3N6O.C24H24N8O/c27-26(28,29)19-3-1-2-17(12-19)14-21(36)13-16-4-8-20(9-5-16)31-25-30-11-10-23(33-25)32-24-15-22(34-35-24)18-6-7-18;1-15-4-2-5-17(12-15)27-24(33)28-19-7-3-6-18(13-19)26-23-25-11-10-21(30-23)29-22-14-20(31-32-22)16-8-9-16/h1-5,8-12,15,18H,6-7,13-14H2,(H3,30,31,32,33,34,35);2-7,10-14,16H,8-9H2,1H3,(H2,27,28,33)(H3,25,26,29,30,31,32). The third kappa shape index (κ3) is 13.3. The van der Waals surface area contributed by atoms with Crippen LogP contribution in [0.25, 0.3) is 0 Å². The minimum Gasteiger partial charge on any atom is -0.324 e. The molecular formula is C50H47F3N14O2. The van der Waals surface area contributed by atoms with Crippen LogP contribution in [0.15, 0.2) is 134 Å². The number of H-pyrrole nitrogens is 2. The van der Waals surface area contributed by atoms with Crippen LogP contribution in [0.4, 0.5) is 75.9 Å². The first kappa shape index (κ1) is 45.5. The molecule has 0 spiro atoms. The molecule has 2 aliphatic rings. The van der Waals surface area contributed by atoms with Gasteiger partial charge in [-0.1, -0.05) is 48.5 Å². The number of nitrogens with zero attached hydrogens (tertiary/aromatic N) is 6. The highest BCUT2D eigenvalue weighted by atomic mass is 19.4. The molecule has 4 heterocycles. The molecule has 2 fully saturated rings. The first-order valence-electron chi connectivity index (χ1n) is 22.3. The van der Waals surface area contributed by atoms with E-state index in [1.165, 1.54) is 37.8 Å². The number of carbonyl (C=O) groups excluding carboxylic acids is 2. The number of amides is 2. The van der Waals surface area contributed by atoms with Gasteiger partial charge in [0.15, 0.2) is 11.6 Å². The topological polar surface area (TPSA) is 215 Å². The van der Waals surface area contributed by atoms with Crippen molar-refractivity contribution < 1.29 is 22.8 Å². The number of alkyl halides is 3. The number of benzene rings is 4. The number of aryl methyl sites for hydroxylation is 1. The highest BCUT2D eigenvalue weighted by molar-refractivity contribution is 6.00. The first-order chi connectivity index (χ1) is 33.4. The van der Waals surface area contributed by atoms with Crippen LogP contribution in [-0.4, -0.2) is 52.1 Å². The lowest BCUT2D eigenvalue weighted by atomic mass is 10.0. The van der Waals surface area contributed by atoms with Crippen LogP contribution in [0, 0.1) is 6.92 Å². The summed E-state index contributed by atoms with van der Waals surface area (Å²) in [7, 11) is 0. The summed E-state index contributed by atoms with van der Waals surface area (Å²) in [6.45, 7) is 1.98. The first-order valence-corrected chi connectivity index (χ1v) is 22.3. The van der Waals surface area contributed by atoms with Crippen LogP contribution >= 0.6 is 0 Å². The maximum Gasteiger partial charge on any atom is 0.416 e. The minimum atomic E-state index is -4.43. The highest BCUT2D eigenvalue weighted by Crippen LogP contribution is 2.40. The lowest BCUT2D eigenvalue weighted by Crippen LogP contribution is -2.19. The van der Waals surface area contributed by atoms with Gasteiger partial charge in [0, 0.05) is 83.3 Å². The second-order valence-electron chi connectivity index (χ2n) is 16.8. The van der Waals surface area contributed by atoms with Crippen molar-refractivity contribution in [2.45, 2.75) is 63.5 Å². The summed E-state index contributed by atoms with van der Waals surface area (Å²) in [5.41, 5.74) is 6.57. The Labute approximate surface area is 394 Å². The van der Waals surface area contributed by atoms with E-state index in [2.05, 4.69) is 72.2 Å². The van der Waals surface area contributed by atoms with Crippen LogP contribution < -0.4 is 31.9 Å². The van der Waals surface area contributed by atoms with Crippen LogP contribution in [-0.2, 0) is 23.8 Å². The van der Waals surface area contributed by atoms with Gasteiger partial charge in [-0.15, -0.1) is 0 Å². The molecule has 19 heteroatoms. The van der Waals surface area contributed by atoms with Crippen molar-refractivity contribution in [2.24, 2.45) is 0 Å². The minimum absolute atomic E-state index is 0.0598. The van der Waals surface area contributed by atoms with E-state index in [-0.39, 0.29) is 24.7 Å². The summed E-state index contributed by atoms with van der Waals surface area (Å²) in [4.78, 5) is 42.2. The van der Waals surface area contributed by atoms with E-state index in [1.807, 2.05) is 67.6 Å². The van der Waals surface area contributed by atoms with E-state index < -0.39 is 11.7 Å². The Morgan fingerprint density at radius 1 is 0.565 bits per heavy atom. The Hall–Kier alpha value is -8.61. The molecule has 10 rings (SSSR count). The predicted molar refractivity (Wildman–Crippen MR) is 259 cm³/mol. The molecule has 2 aliphatic carbocycles. The van der Waals surface area contributed by atoms with E-state index in [0.29, 0.717) is 52.4 Å². The molecule has 8 N–H and O–H groups in total. The van der Waals surface area contributed by atoms with Gasteiger partial charge in [0.05, 0.1) is 5.56 Å². The number of urea groups is 1. The summed E-state index contributed by atoms with van der Waals surface area (Å²) in [6, 6.07) is 34.2. The van der Waals surface area contributed by atoms with Gasteiger partial charge in [-0.3, -0.25) is 15.0 Å². The number of carbonyl (C=O) groups is 2. The van der Waals surface area contributed by atoms with Crippen LogP contribution in [0.1, 0.15) is 71.2 Å². The number of ketones is 1. The van der Waals surface area contributed by atoms with E-state index in [9.17, 15) is 22.8 Å². The van der Waals surface area contributed by atoms with Gasteiger partial charge in [-0.25, -0.2) is 14.8 Å². The average Bonchev–Trinajstić information content (AvgIpc) is 4.26. The second-order valence-corrected chi connectivity index (χ2v) is 16.8. The molecule has 0 atom stereocenters.